The second-order valence-corrected chi connectivity index (χ2v) is 6.88. The predicted octanol–water partition coefficient (Wildman–Crippen LogP) is 3.32. The van der Waals surface area contributed by atoms with Gasteiger partial charge in [-0.15, -0.1) is 5.10 Å². The van der Waals surface area contributed by atoms with E-state index in [1.54, 1.807) is 24.3 Å². The number of nitrogens with zero attached hydrogens (tertiary/aromatic N) is 3. The number of imide groups is 1. The summed E-state index contributed by atoms with van der Waals surface area (Å²) in [5.41, 5.74) is 1.54. The van der Waals surface area contributed by atoms with Crippen molar-refractivity contribution < 1.29 is 9.59 Å². The fraction of sp³-hybridized carbons (Fsp3) is 0.412. The highest BCUT2D eigenvalue weighted by molar-refractivity contribution is 8.15. The third kappa shape index (κ3) is 3.69. The summed E-state index contributed by atoms with van der Waals surface area (Å²) in [6.07, 6.45) is 4.25. The molecule has 6 heteroatoms. The number of hydrogen-bond acceptors (Lipinski definition) is 5. The maximum atomic E-state index is 12.5. The lowest BCUT2D eigenvalue weighted by atomic mass is 9.89. The van der Waals surface area contributed by atoms with Gasteiger partial charge in [0.05, 0.1) is 5.75 Å². The first-order chi connectivity index (χ1) is 11.1. The van der Waals surface area contributed by atoms with Crippen molar-refractivity contribution in [2.24, 2.45) is 16.1 Å². The molecule has 1 unspecified atom stereocenters. The molecule has 5 nitrogen and oxygen atoms in total. The van der Waals surface area contributed by atoms with Gasteiger partial charge in [0.2, 0.25) is 5.91 Å². The van der Waals surface area contributed by atoms with Crippen molar-refractivity contribution >= 4 is 34.5 Å². The van der Waals surface area contributed by atoms with Crippen LogP contribution in [0.1, 0.15) is 43.0 Å². The molecule has 1 aliphatic heterocycles. The molecule has 1 aromatic rings. The Balaban J connectivity index is 1.81. The number of hydrogen-bond donors (Lipinski definition) is 0. The minimum Gasteiger partial charge on any atom is -0.273 e. The number of amides is 2. The number of carbonyl (C=O) groups is 2. The Morgan fingerprint density at radius 3 is 2.78 bits per heavy atom. The molecule has 0 spiro atoms. The molecule has 1 aromatic carbocycles. The number of thioether (sulfide) groups is 1. The van der Waals surface area contributed by atoms with Gasteiger partial charge in [-0.1, -0.05) is 36.9 Å². The first kappa shape index (κ1) is 15.9. The molecule has 0 aromatic heterocycles. The Morgan fingerprint density at radius 2 is 2.04 bits per heavy atom. The molecule has 0 bridgehead atoms. The Labute approximate surface area is 139 Å². The van der Waals surface area contributed by atoms with E-state index in [-0.39, 0.29) is 17.6 Å². The number of carbonyl (C=O) groups excluding carboxylic acids is 2. The highest BCUT2D eigenvalue weighted by Gasteiger charge is 2.34. The molecule has 0 N–H and O–H groups in total. The smallest absolute Gasteiger partial charge is 0.266 e. The monoisotopic (exact) mass is 329 g/mol. The van der Waals surface area contributed by atoms with E-state index in [0.717, 1.165) is 29.9 Å². The maximum absolute atomic E-state index is 12.5. The Morgan fingerprint density at radius 1 is 1.26 bits per heavy atom. The third-order valence-corrected chi connectivity index (χ3v) is 4.93. The average Bonchev–Trinajstić information content (AvgIpc) is 2.94. The van der Waals surface area contributed by atoms with E-state index in [2.05, 4.69) is 17.1 Å². The SMILES string of the molecule is CC1CCC/C(=N/N=C2/SCC(=O)N2C(=O)c2ccccc2)C1. The Hall–Kier alpha value is -1.95. The van der Waals surface area contributed by atoms with Gasteiger partial charge >= 0.3 is 0 Å². The summed E-state index contributed by atoms with van der Waals surface area (Å²) in [5.74, 6) is 0.289. The first-order valence-corrected chi connectivity index (χ1v) is 8.82. The van der Waals surface area contributed by atoms with Gasteiger partial charge in [-0.25, -0.2) is 4.90 Å². The van der Waals surface area contributed by atoms with Gasteiger partial charge < -0.3 is 0 Å². The van der Waals surface area contributed by atoms with Crippen LogP contribution in [0.15, 0.2) is 40.5 Å². The molecule has 1 atom stereocenters. The molecule has 23 heavy (non-hydrogen) atoms. The van der Waals surface area contributed by atoms with Crippen LogP contribution in [0, 0.1) is 5.92 Å². The second-order valence-electron chi connectivity index (χ2n) is 5.94. The molecule has 0 radical (unpaired) electrons. The lowest BCUT2D eigenvalue weighted by molar-refractivity contribution is -0.122. The van der Waals surface area contributed by atoms with Crippen LogP contribution in [0.2, 0.25) is 0 Å². The summed E-state index contributed by atoms with van der Waals surface area (Å²) in [6, 6.07) is 8.79. The standard InChI is InChI=1S/C17H19N3O2S/c1-12-6-5-9-14(10-12)18-19-17-20(15(21)11-23-17)16(22)13-7-3-2-4-8-13/h2-4,7-8,12H,5-6,9-11H2,1H3/b18-14-,19-17+. The van der Waals surface area contributed by atoms with Crippen LogP contribution in [0.4, 0.5) is 0 Å². The van der Waals surface area contributed by atoms with Gasteiger partial charge in [0, 0.05) is 11.3 Å². The zero-order valence-corrected chi connectivity index (χ0v) is 13.9. The van der Waals surface area contributed by atoms with E-state index in [1.807, 2.05) is 6.07 Å². The summed E-state index contributed by atoms with van der Waals surface area (Å²) in [5, 5.41) is 8.91. The summed E-state index contributed by atoms with van der Waals surface area (Å²) >= 11 is 1.27. The van der Waals surface area contributed by atoms with Crippen molar-refractivity contribution in [1.82, 2.24) is 4.90 Å². The van der Waals surface area contributed by atoms with E-state index >= 15 is 0 Å². The molecule has 1 saturated carbocycles. The van der Waals surface area contributed by atoms with Crippen LogP contribution in [-0.2, 0) is 4.79 Å². The van der Waals surface area contributed by atoms with Crippen molar-refractivity contribution in [3.63, 3.8) is 0 Å². The second kappa shape index (κ2) is 7.08. The van der Waals surface area contributed by atoms with E-state index in [4.69, 9.17) is 0 Å². The lowest BCUT2D eigenvalue weighted by Crippen LogP contribution is -2.35. The zero-order chi connectivity index (χ0) is 16.2. The Kier molecular flexibility index (Phi) is 4.91. The van der Waals surface area contributed by atoms with E-state index in [9.17, 15) is 9.59 Å². The van der Waals surface area contributed by atoms with Crippen LogP contribution in [0.5, 0.6) is 0 Å². The van der Waals surface area contributed by atoms with Crippen LogP contribution in [0.25, 0.3) is 0 Å². The number of benzene rings is 1. The largest absolute Gasteiger partial charge is 0.273 e. The van der Waals surface area contributed by atoms with Gasteiger partial charge in [0.25, 0.3) is 5.91 Å². The van der Waals surface area contributed by atoms with E-state index in [1.165, 1.54) is 18.2 Å². The molecule has 2 aliphatic rings. The third-order valence-electron chi connectivity index (χ3n) is 4.01. The fourth-order valence-corrected chi connectivity index (χ4v) is 3.60. The van der Waals surface area contributed by atoms with Crippen molar-refractivity contribution in [2.75, 3.05) is 5.75 Å². The van der Waals surface area contributed by atoms with E-state index < -0.39 is 0 Å². The fourth-order valence-electron chi connectivity index (χ4n) is 2.81. The number of rotatable bonds is 2. The minimum absolute atomic E-state index is 0.235. The average molecular weight is 329 g/mol. The van der Waals surface area contributed by atoms with Crippen molar-refractivity contribution in [2.45, 2.75) is 32.6 Å². The molecular weight excluding hydrogens is 310 g/mol. The van der Waals surface area contributed by atoms with Crippen LogP contribution < -0.4 is 0 Å². The van der Waals surface area contributed by atoms with Crippen LogP contribution >= 0.6 is 11.8 Å². The van der Waals surface area contributed by atoms with Crippen molar-refractivity contribution in [3.8, 4) is 0 Å². The van der Waals surface area contributed by atoms with Crippen molar-refractivity contribution in [3.05, 3.63) is 35.9 Å². The summed E-state index contributed by atoms with van der Waals surface area (Å²) < 4.78 is 0. The maximum Gasteiger partial charge on any atom is 0.266 e. The molecule has 1 aliphatic carbocycles. The summed E-state index contributed by atoms with van der Waals surface area (Å²) in [6.45, 7) is 2.21. The predicted molar refractivity (Wildman–Crippen MR) is 92.6 cm³/mol. The van der Waals surface area contributed by atoms with Gasteiger partial charge in [-0.3, -0.25) is 9.59 Å². The number of amidine groups is 1. The van der Waals surface area contributed by atoms with Gasteiger partial charge in [-0.05, 0) is 43.7 Å². The van der Waals surface area contributed by atoms with Crippen LogP contribution in [-0.4, -0.2) is 33.3 Å². The highest BCUT2D eigenvalue weighted by Crippen LogP contribution is 2.24. The molecule has 3 rings (SSSR count). The van der Waals surface area contributed by atoms with Gasteiger partial charge in [-0.2, -0.15) is 5.10 Å². The van der Waals surface area contributed by atoms with Crippen LogP contribution in [0.3, 0.4) is 0 Å². The van der Waals surface area contributed by atoms with Gasteiger partial charge in [0.1, 0.15) is 0 Å². The minimum atomic E-state index is -0.337. The molecule has 120 valence electrons. The first-order valence-electron chi connectivity index (χ1n) is 7.83. The topological polar surface area (TPSA) is 62.1 Å². The molecule has 2 fully saturated rings. The lowest BCUT2D eigenvalue weighted by Gasteiger charge is -2.18. The quantitative estimate of drug-likeness (QED) is 0.617. The zero-order valence-electron chi connectivity index (χ0n) is 13.1. The molecule has 2 amide bonds. The van der Waals surface area contributed by atoms with Gasteiger partial charge in [0.15, 0.2) is 5.17 Å². The molecular formula is C17H19N3O2S. The molecule has 1 saturated heterocycles. The molecule has 1 heterocycles. The highest BCUT2D eigenvalue weighted by atomic mass is 32.2. The summed E-state index contributed by atoms with van der Waals surface area (Å²) in [7, 11) is 0. The van der Waals surface area contributed by atoms with E-state index in [0.29, 0.717) is 16.6 Å². The summed E-state index contributed by atoms with van der Waals surface area (Å²) in [4.78, 5) is 25.7. The normalized spacial score (nSPS) is 25.3. The Bertz CT molecular complexity index is 670. The van der Waals surface area contributed by atoms with Crippen molar-refractivity contribution in [1.29, 1.82) is 0 Å².